The predicted octanol–water partition coefficient (Wildman–Crippen LogP) is 5.80. The van der Waals surface area contributed by atoms with Gasteiger partial charge in [-0.15, -0.1) is 0 Å². The van der Waals surface area contributed by atoms with Crippen molar-refractivity contribution in [3.05, 3.63) is 64.7 Å². The molecule has 2 unspecified atom stereocenters. The molecule has 0 aliphatic carbocycles. The summed E-state index contributed by atoms with van der Waals surface area (Å²) in [7, 11) is -4.23. The van der Waals surface area contributed by atoms with Gasteiger partial charge in [-0.1, -0.05) is 38.1 Å². The summed E-state index contributed by atoms with van der Waals surface area (Å²) in [4.78, 5) is 39.2. The molecule has 2 aromatic carbocycles. The number of carbonyl (C=O) groups excluding carboxylic acids is 2. The molecule has 2 aliphatic rings. The lowest BCUT2D eigenvalue weighted by atomic mass is 9.88. The molecule has 38 heavy (non-hydrogen) atoms. The highest BCUT2D eigenvalue weighted by atomic mass is 31.2. The van der Waals surface area contributed by atoms with Crippen LogP contribution >= 0.6 is 7.82 Å². The fourth-order valence-electron chi connectivity index (χ4n) is 5.18. The summed E-state index contributed by atoms with van der Waals surface area (Å²) in [5.41, 5.74) is 3.00. The molecule has 1 saturated heterocycles. The summed E-state index contributed by atoms with van der Waals surface area (Å²) in [5, 5.41) is 0. The van der Waals surface area contributed by atoms with Gasteiger partial charge in [-0.2, -0.15) is 0 Å². The second-order valence-electron chi connectivity index (χ2n) is 10.2. The zero-order valence-corrected chi connectivity index (χ0v) is 23.5. The van der Waals surface area contributed by atoms with E-state index in [1.165, 1.54) is 4.90 Å². The molecule has 0 bridgehead atoms. The fourth-order valence-corrected chi connectivity index (χ4v) is 6.23. The van der Waals surface area contributed by atoms with Crippen molar-refractivity contribution >= 4 is 19.6 Å². The third-order valence-electron chi connectivity index (χ3n) is 7.60. The summed E-state index contributed by atoms with van der Waals surface area (Å²) in [6.07, 6.45) is 4.56. The van der Waals surface area contributed by atoms with Crippen LogP contribution in [0, 0.1) is 0 Å². The van der Waals surface area contributed by atoms with Gasteiger partial charge in [-0.25, -0.2) is 4.57 Å². The van der Waals surface area contributed by atoms with Crippen LogP contribution in [0.4, 0.5) is 0 Å². The van der Waals surface area contributed by atoms with Crippen molar-refractivity contribution in [2.24, 2.45) is 0 Å². The van der Waals surface area contributed by atoms with E-state index in [-0.39, 0.29) is 23.8 Å². The number of carbonyl (C=O) groups is 2. The lowest BCUT2D eigenvalue weighted by Gasteiger charge is -2.33. The first-order chi connectivity index (χ1) is 18.2. The van der Waals surface area contributed by atoms with Crippen LogP contribution in [0.1, 0.15) is 90.6 Å². The lowest BCUT2D eigenvalue weighted by Crippen LogP contribution is -2.35. The number of rotatable bonds is 12. The van der Waals surface area contributed by atoms with Gasteiger partial charge in [-0.05, 0) is 100 Å². The van der Waals surface area contributed by atoms with Crippen LogP contribution in [0.15, 0.2) is 42.5 Å². The van der Waals surface area contributed by atoms with Gasteiger partial charge >= 0.3 is 7.82 Å². The van der Waals surface area contributed by atoms with Gasteiger partial charge in [0.2, 0.25) is 0 Å². The molecule has 8 nitrogen and oxygen atoms in total. The number of nitrogens with zero attached hydrogens (tertiary/aromatic N) is 2. The van der Waals surface area contributed by atoms with Gasteiger partial charge in [0, 0.05) is 6.54 Å². The average molecular weight is 543 g/mol. The van der Waals surface area contributed by atoms with E-state index in [2.05, 4.69) is 11.0 Å². The Morgan fingerprint density at radius 3 is 2.24 bits per heavy atom. The van der Waals surface area contributed by atoms with E-state index in [0.717, 1.165) is 62.9 Å². The number of hydrogen-bond donors (Lipinski definition) is 1. The standard InChI is InChI=1S/C29H39N2O6P/c1-4-21(3)36-38(34,35)37-27-20-22(5-2)12-13-24(27)23-14-18-30(19-15-23)16-8-9-17-31-28(32)25-10-6-7-11-26(25)29(31)33/h6-7,10-13,20-21,23H,4-5,8-9,14-19H2,1-3H3,(H,34,35). The molecule has 2 aromatic rings. The first-order valence-corrected chi connectivity index (χ1v) is 15.2. The molecule has 0 spiro atoms. The monoisotopic (exact) mass is 542 g/mol. The van der Waals surface area contributed by atoms with Crippen LogP contribution in [0.5, 0.6) is 5.75 Å². The van der Waals surface area contributed by atoms with Crippen LogP contribution < -0.4 is 4.52 Å². The Balaban J connectivity index is 1.28. The third-order valence-corrected chi connectivity index (χ3v) is 8.65. The Morgan fingerprint density at radius 1 is 1.00 bits per heavy atom. The highest BCUT2D eigenvalue weighted by molar-refractivity contribution is 7.47. The van der Waals surface area contributed by atoms with E-state index in [0.29, 0.717) is 29.8 Å². The number of imide groups is 1. The van der Waals surface area contributed by atoms with Crippen molar-refractivity contribution in [3.8, 4) is 5.75 Å². The van der Waals surface area contributed by atoms with E-state index in [1.54, 1.807) is 31.2 Å². The molecular weight excluding hydrogens is 503 g/mol. The smallest absolute Gasteiger partial charge is 0.404 e. The van der Waals surface area contributed by atoms with Crippen molar-refractivity contribution in [2.45, 2.75) is 71.3 Å². The number of likely N-dealkylation sites (tertiary alicyclic amines) is 1. The number of piperidine rings is 1. The maximum absolute atomic E-state index is 12.6. The van der Waals surface area contributed by atoms with Gasteiger partial charge in [0.05, 0.1) is 17.2 Å². The number of phosphoric acid groups is 1. The highest BCUT2D eigenvalue weighted by Gasteiger charge is 2.34. The van der Waals surface area contributed by atoms with Gasteiger partial charge in [0.25, 0.3) is 11.8 Å². The molecule has 2 atom stereocenters. The maximum Gasteiger partial charge on any atom is 0.527 e. The molecular formula is C29H39N2O6P. The second kappa shape index (κ2) is 12.6. The first kappa shape index (κ1) is 28.5. The minimum Gasteiger partial charge on any atom is -0.404 e. The fraction of sp³-hybridized carbons (Fsp3) is 0.517. The molecule has 2 amide bonds. The minimum absolute atomic E-state index is 0.194. The average Bonchev–Trinajstić information content (AvgIpc) is 3.15. The Morgan fingerprint density at radius 2 is 1.63 bits per heavy atom. The van der Waals surface area contributed by atoms with Crippen molar-refractivity contribution in [2.75, 3.05) is 26.2 Å². The molecule has 2 aliphatic heterocycles. The van der Waals surface area contributed by atoms with Crippen molar-refractivity contribution in [1.29, 1.82) is 0 Å². The van der Waals surface area contributed by atoms with E-state index < -0.39 is 7.82 Å². The van der Waals surface area contributed by atoms with Gasteiger partial charge in [0.1, 0.15) is 5.75 Å². The summed E-state index contributed by atoms with van der Waals surface area (Å²) in [5.74, 6) is 0.285. The van der Waals surface area contributed by atoms with E-state index in [4.69, 9.17) is 9.05 Å². The summed E-state index contributed by atoms with van der Waals surface area (Å²) in [6.45, 7) is 8.85. The molecule has 2 heterocycles. The SMILES string of the molecule is CCc1ccc(C2CCN(CCCCN3C(=O)c4ccccc4C3=O)CC2)c(OP(=O)(O)OC(C)CC)c1. The molecule has 9 heteroatoms. The van der Waals surface area contributed by atoms with Crippen molar-refractivity contribution in [3.63, 3.8) is 0 Å². The first-order valence-electron chi connectivity index (χ1n) is 13.7. The Hall–Kier alpha value is -2.51. The third kappa shape index (κ3) is 6.73. The van der Waals surface area contributed by atoms with Gasteiger partial charge in [-0.3, -0.25) is 23.9 Å². The number of phosphoric ester groups is 1. The Bertz CT molecular complexity index is 1160. The summed E-state index contributed by atoms with van der Waals surface area (Å²) in [6, 6.07) is 12.9. The second-order valence-corrected chi connectivity index (χ2v) is 11.6. The zero-order chi connectivity index (χ0) is 27.3. The molecule has 0 saturated carbocycles. The van der Waals surface area contributed by atoms with Crippen LogP contribution in [0.25, 0.3) is 0 Å². The van der Waals surface area contributed by atoms with E-state index >= 15 is 0 Å². The van der Waals surface area contributed by atoms with E-state index in [1.807, 2.05) is 26.0 Å². The Labute approximate surface area is 225 Å². The largest absolute Gasteiger partial charge is 0.527 e. The van der Waals surface area contributed by atoms with Gasteiger partial charge in [0.15, 0.2) is 0 Å². The van der Waals surface area contributed by atoms with Crippen LogP contribution in [0.2, 0.25) is 0 Å². The molecule has 206 valence electrons. The number of amides is 2. The number of unbranched alkanes of at least 4 members (excludes halogenated alkanes) is 1. The number of aryl methyl sites for hydroxylation is 1. The molecule has 0 radical (unpaired) electrons. The zero-order valence-electron chi connectivity index (χ0n) is 22.6. The van der Waals surface area contributed by atoms with Crippen LogP contribution in [0.3, 0.4) is 0 Å². The van der Waals surface area contributed by atoms with Crippen LogP contribution in [-0.4, -0.2) is 58.8 Å². The number of benzene rings is 2. The van der Waals surface area contributed by atoms with E-state index in [9.17, 15) is 19.0 Å². The topological polar surface area (TPSA) is 96.4 Å². The summed E-state index contributed by atoms with van der Waals surface area (Å²) >= 11 is 0. The van der Waals surface area contributed by atoms with Crippen molar-refractivity contribution < 1.29 is 28.1 Å². The van der Waals surface area contributed by atoms with Crippen LogP contribution in [-0.2, 0) is 15.5 Å². The lowest BCUT2D eigenvalue weighted by molar-refractivity contribution is 0.0649. The Kier molecular flexibility index (Phi) is 9.42. The highest BCUT2D eigenvalue weighted by Crippen LogP contribution is 2.48. The minimum atomic E-state index is -4.23. The van der Waals surface area contributed by atoms with Crippen molar-refractivity contribution in [1.82, 2.24) is 9.80 Å². The summed E-state index contributed by atoms with van der Waals surface area (Å²) < 4.78 is 23.5. The normalized spacial score (nSPS) is 18.9. The molecule has 0 aromatic heterocycles. The predicted molar refractivity (Wildman–Crippen MR) is 147 cm³/mol. The number of hydrogen-bond acceptors (Lipinski definition) is 6. The van der Waals surface area contributed by atoms with Gasteiger partial charge < -0.3 is 9.42 Å². The maximum atomic E-state index is 12.6. The molecule has 1 fully saturated rings. The quantitative estimate of drug-likeness (QED) is 0.206. The molecule has 1 N–H and O–H groups in total. The number of fused-ring (bicyclic) bond motifs is 1. The molecule has 4 rings (SSSR count).